The molecule has 1 amide bonds. The second kappa shape index (κ2) is 6.83. The summed E-state index contributed by atoms with van der Waals surface area (Å²) in [5, 5.41) is 13.4. The van der Waals surface area contributed by atoms with Crippen LogP contribution >= 0.6 is 27.3 Å². The van der Waals surface area contributed by atoms with Gasteiger partial charge in [-0.2, -0.15) is 5.26 Å². The summed E-state index contributed by atoms with van der Waals surface area (Å²) < 4.78 is 0.780. The quantitative estimate of drug-likeness (QED) is 0.647. The van der Waals surface area contributed by atoms with Crippen molar-refractivity contribution in [2.75, 3.05) is 5.32 Å². The third-order valence-corrected chi connectivity index (χ3v) is 8.11. The van der Waals surface area contributed by atoms with Gasteiger partial charge in [-0.25, -0.2) is 0 Å². The molecule has 0 aliphatic heterocycles. The van der Waals surface area contributed by atoms with E-state index in [0.717, 1.165) is 32.8 Å². The third kappa shape index (κ3) is 3.00. The molecule has 2 fully saturated rings. The highest BCUT2D eigenvalue weighted by Crippen LogP contribution is 2.49. The zero-order chi connectivity index (χ0) is 18.4. The van der Waals surface area contributed by atoms with E-state index in [-0.39, 0.29) is 11.8 Å². The SMILES string of the molecule is Cc1ccc(C)c(-c2sc(NC(=O)[C@@H]3C[C@H]4CC[C@@H]3C4)c(C#N)c2Br)c1. The monoisotopic (exact) mass is 428 g/mol. The van der Waals surface area contributed by atoms with Gasteiger partial charge in [-0.1, -0.05) is 30.2 Å². The van der Waals surface area contributed by atoms with E-state index in [4.69, 9.17) is 0 Å². The van der Waals surface area contributed by atoms with Crippen molar-refractivity contribution in [2.45, 2.75) is 39.5 Å². The second-order valence-corrected chi connectivity index (χ2v) is 9.46. The molecule has 2 saturated carbocycles. The number of carbonyl (C=O) groups excluding carboxylic acids is 1. The number of benzene rings is 1. The van der Waals surface area contributed by atoms with Gasteiger partial charge < -0.3 is 5.32 Å². The smallest absolute Gasteiger partial charge is 0.228 e. The maximum atomic E-state index is 12.8. The summed E-state index contributed by atoms with van der Waals surface area (Å²) in [7, 11) is 0. The molecule has 3 atom stereocenters. The minimum Gasteiger partial charge on any atom is -0.316 e. The molecule has 2 aromatic rings. The first-order chi connectivity index (χ1) is 12.5. The highest BCUT2D eigenvalue weighted by atomic mass is 79.9. The molecule has 4 rings (SSSR count). The van der Waals surface area contributed by atoms with Gasteiger partial charge in [-0.3, -0.25) is 4.79 Å². The Morgan fingerprint density at radius 1 is 1.31 bits per heavy atom. The molecule has 5 heteroatoms. The molecule has 26 heavy (non-hydrogen) atoms. The van der Waals surface area contributed by atoms with Gasteiger partial charge in [0.15, 0.2) is 0 Å². The van der Waals surface area contributed by atoms with Crippen LogP contribution in [0.5, 0.6) is 0 Å². The Labute approximate surface area is 166 Å². The molecule has 3 nitrogen and oxygen atoms in total. The fourth-order valence-corrected chi connectivity index (χ4v) is 6.52. The fourth-order valence-electron chi connectivity index (χ4n) is 4.52. The molecule has 2 bridgehead atoms. The van der Waals surface area contributed by atoms with Crippen molar-refractivity contribution in [3.63, 3.8) is 0 Å². The number of rotatable bonds is 3. The van der Waals surface area contributed by atoms with Crippen molar-refractivity contribution < 1.29 is 4.79 Å². The number of carbonyl (C=O) groups is 1. The lowest BCUT2D eigenvalue weighted by Gasteiger charge is -2.20. The van der Waals surface area contributed by atoms with Crippen LogP contribution in [0.1, 0.15) is 42.4 Å². The van der Waals surface area contributed by atoms with Gasteiger partial charge in [0.05, 0.1) is 9.35 Å². The molecule has 2 aliphatic carbocycles. The lowest BCUT2D eigenvalue weighted by Crippen LogP contribution is -2.27. The van der Waals surface area contributed by atoms with Gasteiger partial charge in [0.1, 0.15) is 16.6 Å². The van der Waals surface area contributed by atoms with Crippen LogP contribution in [0, 0.1) is 42.9 Å². The largest absolute Gasteiger partial charge is 0.316 e. The van der Waals surface area contributed by atoms with E-state index >= 15 is 0 Å². The Bertz CT molecular complexity index is 927. The predicted molar refractivity (Wildman–Crippen MR) is 109 cm³/mol. The minimum absolute atomic E-state index is 0.0926. The topological polar surface area (TPSA) is 52.9 Å². The number of nitriles is 1. The zero-order valence-electron chi connectivity index (χ0n) is 14.9. The Balaban J connectivity index is 1.66. The van der Waals surface area contributed by atoms with Crippen LogP contribution in [0.3, 0.4) is 0 Å². The standard InChI is InChI=1S/C21H21BrN2OS/c1-11-3-4-12(2)15(7-11)19-18(22)17(10-23)21(26-19)24-20(25)16-9-13-5-6-14(16)8-13/h3-4,7,13-14,16H,5-6,8-9H2,1-2H3,(H,24,25)/t13-,14+,16+/m0/s1. The maximum Gasteiger partial charge on any atom is 0.228 e. The molecule has 1 aromatic carbocycles. The summed E-state index contributed by atoms with van der Waals surface area (Å²) in [6.45, 7) is 4.13. The Hall–Kier alpha value is -1.64. The van der Waals surface area contributed by atoms with Crippen molar-refractivity contribution in [3.8, 4) is 16.5 Å². The number of halogens is 1. The average Bonchev–Trinajstić information content (AvgIpc) is 3.32. The van der Waals surface area contributed by atoms with Gasteiger partial charge >= 0.3 is 0 Å². The van der Waals surface area contributed by atoms with Crippen LogP contribution in [-0.2, 0) is 4.79 Å². The van der Waals surface area contributed by atoms with E-state index in [9.17, 15) is 10.1 Å². The predicted octanol–water partition coefficient (Wildman–Crippen LogP) is 6.04. The molecule has 0 saturated heterocycles. The third-order valence-electron chi connectivity index (χ3n) is 5.91. The highest BCUT2D eigenvalue weighted by Gasteiger charge is 2.43. The van der Waals surface area contributed by atoms with Crippen molar-refractivity contribution in [1.82, 2.24) is 0 Å². The van der Waals surface area contributed by atoms with E-state index in [1.54, 1.807) is 0 Å². The highest BCUT2D eigenvalue weighted by molar-refractivity contribution is 9.10. The van der Waals surface area contributed by atoms with Gasteiger partial charge in [0.25, 0.3) is 0 Å². The first-order valence-corrected chi connectivity index (χ1v) is 10.7. The summed E-state index contributed by atoms with van der Waals surface area (Å²) in [4.78, 5) is 13.8. The molecule has 0 unspecified atom stereocenters. The minimum atomic E-state index is 0.0926. The summed E-state index contributed by atoms with van der Waals surface area (Å²) in [5.41, 5.74) is 3.98. The summed E-state index contributed by atoms with van der Waals surface area (Å²) in [6.07, 6.45) is 4.66. The Kier molecular flexibility index (Phi) is 4.66. The van der Waals surface area contributed by atoms with Crippen molar-refractivity contribution >= 4 is 38.2 Å². The van der Waals surface area contributed by atoms with Crippen LogP contribution in [0.2, 0.25) is 0 Å². The number of aryl methyl sites for hydroxylation is 2. The van der Waals surface area contributed by atoms with Crippen LogP contribution < -0.4 is 5.32 Å². The number of thiophene rings is 1. The van der Waals surface area contributed by atoms with E-state index in [2.05, 4.69) is 59.4 Å². The number of anilines is 1. The molecule has 0 spiro atoms. The number of fused-ring (bicyclic) bond motifs is 2. The number of amides is 1. The number of nitrogens with zero attached hydrogens (tertiary/aromatic N) is 1. The number of hydrogen-bond acceptors (Lipinski definition) is 3. The average molecular weight is 429 g/mol. The van der Waals surface area contributed by atoms with Gasteiger partial charge in [-0.15, -0.1) is 11.3 Å². The van der Waals surface area contributed by atoms with E-state index < -0.39 is 0 Å². The normalized spacial score (nSPS) is 23.8. The molecule has 2 aliphatic rings. The fraction of sp³-hybridized carbons (Fsp3) is 0.429. The molecule has 0 radical (unpaired) electrons. The molecule has 134 valence electrons. The number of nitrogens with one attached hydrogen (secondary N) is 1. The molecule has 1 aromatic heterocycles. The van der Waals surface area contributed by atoms with Crippen molar-refractivity contribution in [3.05, 3.63) is 39.4 Å². The Morgan fingerprint density at radius 2 is 2.12 bits per heavy atom. The lowest BCUT2D eigenvalue weighted by atomic mass is 9.88. The lowest BCUT2D eigenvalue weighted by molar-refractivity contribution is -0.121. The van der Waals surface area contributed by atoms with Gasteiger partial charge in [0.2, 0.25) is 5.91 Å². The van der Waals surface area contributed by atoms with E-state index in [0.29, 0.717) is 16.5 Å². The van der Waals surface area contributed by atoms with E-state index in [1.165, 1.54) is 36.2 Å². The number of hydrogen-bond donors (Lipinski definition) is 1. The summed E-state index contributed by atoms with van der Waals surface area (Å²) >= 11 is 5.09. The van der Waals surface area contributed by atoms with Crippen molar-refractivity contribution in [1.29, 1.82) is 5.26 Å². The van der Waals surface area contributed by atoms with E-state index in [1.807, 2.05) is 0 Å². The van der Waals surface area contributed by atoms with Gasteiger partial charge in [0, 0.05) is 5.92 Å². The van der Waals surface area contributed by atoms with Crippen LogP contribution in [0.15, 0.2) is 22.7 Å². The first-order valence-electron chi connectivity index (χ1n) is 9.08. The van der Waals surface area contributed by atoms with Crippen molar-refractivity contribution in [2.24, 2.45) is 17.8 Å². The van der Waals surface area contributed by atoms with Crippen LogP contribution in [0.4, 0.5) is 5.00 Å². The summed E-state index contributed by atoms with van der Waals surface area (Å²) in [5.74, 6) is 1.47. The molecule has 1 N–H and O–H groups in total. The molecular formula is C21H21BrN2OS. The first kappa shape index (κ1) is 17.8. The second-order valence-electron chi connectivity index (χ2n) is 7.65. The Morgan fingerprint density at radius 3 is 2.77 bits per heavy atom. The van der Waals surface area contributed by atoms with Gasteiger partial charge in [-0.05, 0) is 72.0 Å². The maximum absolute atomic E-state index is 12.8. The summed E-state index contributed by atoms with van der Waals surface area (Å²) in [6, 6.07) is 8.58. The van der Waals surface area contributed by atoms with Crippen LogP contribution in [0.25, 0.3) is 10.4 Å². The molecule has 1 heterocycles. The van der Waals surface area contributed by atoms with Crippen LogP contribution in [-0.4, -0.2) is 5.91 Å². The zero-order valence-corrected chi connectivity index (χ0v) is 17.3. The molecular weight excluding hydrogens is 408 g/mol.